The zero-order valence-electron chi connectivity index (χ0n) is 12.5. The number of hydrogen-bond acceptors (Lipinski definition) is 5. The lowest BCUT2D eigenvalue weighted by Gasteiger charge is -2.14. The number of phenolic OH excluding ortho intramolecular Hbond substituents is 2. The topological polar surface area (TPSA) is 95.9 Å². The number of rotatable bonds is 5. The molecule has 0 aliphatic heterocycles. The predicted octanol–water partition coefficient (Wildman–Crippen LogP) is 1.96. The van der Waals surface area contributed by atoms with E-state index in [9.17, 15) is 19.8 Å². The van der Waals surface area contributed by atoms with Crippen molar-refractivity contribution in [2.75, 3.05) is 0 Å². The Balaban J connectivity index is 1.92. The first kappa shape index (κ1) is 16.4. The molecule has 0 fully saturated rings. The summed E-state index contributed by atoms with van der Waals surface area (Å²) in [7, 11) is 0. The van der Waals surface area contributed by atoms with Crippen molar-refractivity contribution in [3.8, 4) is 11.5 Å². The summed E-state index contributed by atoms with van der Waals surface area (Å²) in [4.78, 5) is 23.9. The highest BCUT2D eigenvalue weighted by Crippen LogP contribution is 2.27. The van der Waals surface area contributed by atoms with Gasteiger partial charge in [0.05, 0.1) is 5.56 Å². The average Bonchev–Trinajstić information content (AvgIpc) is 2.55. The molecule has 2 rings (SSSR count). The van der Waals surface area contributed by atoms with Gasteiger partial charge in [0.15, 0.2) is 11.5 Å². The second kappa shape index (κ2) is 7.31. The standard InChI is InChI=1S/C17H17NO5/c1-11(17(22)23-10-12-6-3-2-4-7-12)18-16(21)13-8-5-9-14(19)15(13)20/h2-9,11,19-20H,10H2,1H3,(H,18,21)/t11-/m0/s1. The van der Waals surface area contributed by atoms with E-state index < -0.39 is 29.4 Å². The van der Waals surface area contributed by atoms with E-state index in [0.29, 0.717) is 0 Å². The number of carbonyl (C=O) groups is 2. The molecule has 0 unspecified atom stereocenters. The van der Waals surface area contributed by atoms with Gasteiger partial charge in [-0.25, -0.2) is 4.79 Å². The molecule has 6 heteroatoms. The zero-order chi connectivity index (χ0) is 16.8. The van der Waals surface area contributed by atoms with E-state index in [1.165, 1.54) is 25.1 Å². The number of ether oxygens (including phenoxy) is 1. The number of amides is 1. The van der Waals surface area contributed by atoms with Crippen molar-refractivity contribution < 1.29 is 24.5 Å². The molecule has 0 saturated carbocycles. The summed E-state index contributed by atoms with van der Waals surface area (Å²) in [6.07, 6.45) is 0. The molecule has 0 bridgehead atoms. The van der Waals surface area contributed by atoms with E-state index >= 15 is 0 Å². The summed E-state index contributed by atoms with van der Waals surface area (Å²) in [6, 6.07) is 12.3. The molecule has 120 valence electrons. The van der Waals surface area contributed by atoms with Crippen molar-refractivity contribution in [1.29, 1.82) is 0 Å². The maximum atomic E-state index is 12.0. The average molecular weight is 315 g/mol. The van der Waals surface area contributed by atoms with Crippen LogP contribution in [-0.2, 0) is 16.1 Å². The molecule has 1 atom stereocenters. The van der Waals surface area contributed by atoms with Gasteiger partial charge in [0, 0.05) is 0 Å². The number of hydrogen-bond donors (Lipinski definition) is 3. The molecule has 0 aliphatic carbocycles. The van der Waals surface area contributed by atoms with E-state index in [0.717, 1.165) is 5.56 Å². The second-order valence-electron chi connectivity index (χ2n) is 4.96. The third-order valence-corrected chi connectivity index (χ3v) is 3.18. The van der Waals surface area contributed by atoms with Gasteiger partial charge in [-0.15, -0.1) is 0 Å². The first-order chi connectivity index (χ1) is 11.0. The normalized spacial score (nSPS) is 11.5. The van der Waals surface area contributed by atoms with Gasteiger partial charge in [-0.3, -0.25) is 4.79 Å². The number of benzene rings is 2. The minimum absolute atomic E-state index is 0.108. The van der Waals surface area contributed by atoms with Crippen molar-refractivity contribution in [2.24, 2.45) is 0 Å². The molecule has 3 N–H and O–H groups in total. The lowest BCUT2D eigenvalue weighted by Crippen LogP contribution is -2.39. The van der Waals surface area contributed by atoms with Gasteiger partial charge in [-0.05, 0) is 24.6 Å². The minimum atomic E-state index is -0.895. The highest BCUT2D eigenvalue weighted by molar-refractivity contribution is 5.99. The molecule has 0 radical (unpaired) electrons. The fraction of sp³-hybridized carbons (Fsp3) is 0.176. The molecule has 0 aromatic heterocycles. The highest BCUT2D eigenvalue weighted by atomic mass is 16.5. The van der Waals surface area contributed by atoms with Gasteiger partial charge in [0.1, 0.15) is 12.6 Å². The third kappa shape index (κ3) is 4.23. The molecular weight excluding hydrogens is 298 g/mol. The van der Waals surface area contributed by atoms with Crippen LogP contribution >= 0.6 is 0 Å². The van der Waals surface area contributed by atoms with E-state index in [1.807, 2.05) is 30.3 Å². The van der Waals surface area contributed by atoms with Crippen LogP contribution < -0.4 is 5.32 Å². The number of nitrogens with one attached hydrogen (secondary N) is 1. The zero-order valence-corrected chi connectivity index (χ0v) is 12.5. The van der Waals surface area contributed by atoms with Gasteiger partial charge in [-0.2, -0.15) is 0 Å². The maximum absolute atomic E-state index is 12.0. The lowest BCUT2D eigenvalue weighted by molar-refractivity contribution is -0.146. The fourth-order valence-electron chi connectivity index (χ4n) is 1.90. The summed E-state index contributed by atoms with van der Waals surface area (Å²) < 4.78 is 5.12. The second-order valence-corrected chi connectivity index (χ2v) is 4.96. The number of aromatic hydroxyl groups is 2. The first-order valence-electron chi connectivity index (χ1n) is 7.01. The van der Waals surface area contributed by atoms with Crippen molar-refractivity contribution in [2.45, 2.75) is 19.6 Å². The molecule has 23 heavy (non-hydrogen) atoms. The number of esters is 1. The van der Waals surface area contributed by atoms with Gasteiger partial charge >= 0.3 is 5.97 Å². The van der Waals surface area contributed by atoms with Crippen LogP contribution in [0.1, 0.15) is 22.8 Å². The number of carbonyl (C=O) groups excluding carboxylic acids is 2. The molecule has 0 heterocycles. The minimum Gasteiger partial charge on any atom is -0.504 e. The Morgan fingerprint density at radius 1 is 1.09 bits per heavy atom. The van der Waals surface area contributed by atoms with Gasteiger partial charge in [-0.1, -0.05) is 36.4 Å². The molecule has 0 saturated heterocycles. The molecule has 0 aliphatic rings. The van der Waals surface area contributed by atoms with Gasteiger partial charge < -0.3 is 20.3 Å². The van der Waals surface area contributed by atoms with Crippen LogP contribution in [-0.4, -0.2) is 28.1 Å². The Bertz CT molecular complexity index is 699. The van der Waals surface area contributed by atoms with Crippen molar-refractivity contribution in [3.63, 3.8) is 0 Å². The Labute approximate surface area is 133 Å². The van der Waals surface area contributed by atoms with Gasteiger partial charge in [0.2, 0.25) is 0 Å². The smallest absolute Gasteiger partial charge is 0.328 e. The van der Waals surface area contributed by atoms with Crippen LogP contribution in [0, 0.1) is 0 Å². The number of para-hydroxylation sites is 1. The predicted molar refractivity (Wildman–Crippen MR) is 82.9 cm³/mol. The van der Waals surface area contributed by atoms with E-state index in [-0.39, 0.29) is 12.2 Å². The van der Waals surface area contributed by atoms with Crippen molar-refractivity contribution in [3.05, 3.63) is 59.7 Å². The van der Waals surface area contributed by atoms with Crippen LogP contribution in [0.2, 0.25) is 0 Å². The summed E-state index contributed by atoms with van der Waals surface area (Å²) in [6.45, 7) is 1.59. The SMILES string of the molecule is C[C@H](NC(=O)c1cccc(O)c1O)C(=O)OCc1ccccc1. The highest BCUT2D eigenvalue weighted by Gasteiger charge is 2.20. The number of phenols is 2. The summed E-state index contributed by atoms with van der Waals surface area (Å²) in [5, 5.41) is 21.4. The fourth-order valence-corrected chi connectivity index (χ4v) is 1.90. The summed E-state index contributed by atoms with van der Waals surface area (Å²) in [5.74, 6) is -2.21. The lowest BCUT2D eigenvalue weighted by atomic mass is 10.1. The van der Waals surface area contributed by atoms with Crippen LogP contribution in [0.5, 0.6) is 11.5 Å². The largest absolute Gasteiger partial charge is 0.504 e. The Morgan fingerprint density at radius 3 is 2.48 bits per heavy atom. The molecular formula is C17H17NO5. The van der Waals surface area contributed by atoms with Crippen molar-refractivity contribution in [1.82, 2.24) is 5.32 Å². The van der Waals surface area contributed by atoms with Crippen LogP contribution in [0.4, 0.5) is 0 Å². The molecule has 2 aromatic carbocycles. The quantitative estimate of drug-likeness (QED) is 0.579. The Kier molecular flexibility index (Phi) is 5.19. The Morgan fingerprint density at radius 2 is 1.78 bits per heavy atom. The molecule has 2 aromatic rings. The van der Waals surface area contributed by atoms with E-state index in [2.05, 4.69) is 5.32 Å². The van der Waals surface area contributed by atoms with Crippen molar-refractivity contribution >= 4 is 11.9 Å². The van der Waals surface area contributed by atoms with Gasteiger partial charge in [0.25, 0.3) is 5.91 Å². The van der Waals surface area contributed by atoms with Crippen LogP contribution in [0.3, 0.4) is 0 Å². The summed E-state index contributed by atoms with van der Waals surface area (Å²) in [5.41, 5.74) is 0.720. The summed E-state index contributed by atoms with van der Waals surface area (Å²) >= 11 is 0. The Hall–Kier alpha value is -3.02. The third-order valence-electron chi connectivity index (χ3n) is 3.18. The van der Waals surface area contributed by atoms with E-state index in [4.69, 9.17) is 4.74 Å². The molecule has 0 spiro atoms. The maximum Gasteiger partial charge on any atom is 0.328 e. The first-order valence-corrected chi connectivity index (χ1v) is 7.01. The van der Waals surface area contributed by atoms with Crippen LogP contribution in [0.15, 0.2) is 48.5 Å². The monoisotopic (exact) mass is 315 g/mol. The van der Waals surface area contributed by atoms with Crippen LogP contribution in [0.25, 0.3) is 0 Å². The van der Waals surface area contributed by atoms with E-state index in [1.54, 1.807) is 0 Å². The molecule has 1 amide bonds. The molecule has 6 nitrogen and oxygen atoms in total.